The monoisotopic (exact) mass is 519 g/mol. The summed E-state index contributed by atoms with van der Waals surface area (Å²) >= 11 is 1.41. The summed E-state index contributed by atoms with van der Waals surface area (Å²) in [5.74, 6) is 0.381. The van der Waals surface area contributed by atoms with E-state index in [1.165, 1.54) is 30.6 Å². The SMILES string of the molecule is CCCCCC(Cc1ccc(OCc2sc(-c3ccc(C(F)(F)F)cc3)nc2C)cc1C)C(=O)OC. The summed E-state index contributed by atoms with van der Waals surface area (Å²) in [6.07, 6.45) is 0.274. The zero-order valence-electron chi connectivity index (χ0n) is 21.1. The summed E-state index contributed by atoms with van der Waals surface area (Å²) in [5, 5.41) is 0.656. The van der Waals surface area contributed by atoms with E-state index in [9.17, 15) is 18.0 Å². The van der Waals surface area contributed by atoms with Gasteiger partial charge in [-0.1, -0.05) is 44.4 Å². The average Bonchev–Trinajstić information content (AvgIpc) is 3.22. The van der Waals surface area contributed by atoms with Crippen LogP contribution in [0.2, 0.25) is 0 Å². The number of hydrogen-bond donors (Lipinski definition) is 0. The lowest BCUT2D eigenvalue weighted by atomic mass is 9.91. The van der Waals surface area contributed by atoms with Crippen LogP contribution >= 0.6 is 11.3 Å². The number of benzene rings is 2. The molecule has 0 fully saturated rings. The summed E-state index contributed by atoms with van der Waals surface area (Å²) in [6.45, 7) is 6.32. The summed E-state index contributed by atoms with van der Waals surface area (Å²) in [4.78, 5) is 17.7. The topological polar surface area (TPSA) is 48.4 Å². The molecule has 1 aromatic heterocycles. The number of unbranched alkanes of at least 4 members (excludes halogenated alkanes) is 2. The van der Waals surface area contributed by atoms with Crippen LogP contribution in [0.1, 0.15) is 59.9 Å². The van der Waals surface area contributed by atoms with Gasteiger partial charge in [0.05, 0.1) is 29.2 Å². The maximum Gasteiger partial charge on any atom is 0.416 e. The molecule has 2 aromatic carbocycles. The lowest BCUT2D eigenvalue weighted by Gasteiger charge is -2.16. The second-order valence-corrected chi connectivity index (χ2v) is 9.98. The van der Waals surface area contributed by atoms with Crippen LogP contribution in [-0.4, -0.2) is 18.1 Å². The first-order valence-corrected chi connectivity index (χ1v) is 12.9. The predicted octanol–water partition coefficient (Wildman–Crippen LogP) is 7.94. The van der Waals surface area contributed by atoms with Crippen LogP contribution in [-0.2, 0) is 28.7 Å². The van der Waals surface area contributed by atoms with E-state index in [0.717, 1.165) is 59.5 Å². The molecule has 36 heavy (non-hydrogen) atoms. The first-order chi connectivity index (χ1) is 17.1. The number of carbonyl (C=O) groups is 1. The summed E-state index contributed by atoms with van der Waals surface area (Å²) in [5.41, 5.74) is 2.88. The molecular weight excluding hydrogens is 487 g/mol. The molecule has 1 unspecified atom stereocenters. The van der Waals surface area contributed by atoms with Crippen LogP contribution < -0.4 is 4.74 Å². The molecule has 4 nitrogen and oxygen atoms in total. The number of rotatable bonds is 11. The normalized spacial score (nSPS) is 12.4. The molecular formula is C28H32F3NO3S. The Morgan fingerprint density at radius 1 is 1.08 bits per heavy atom. The number of carbonyl (C=O) groups excluding carboxylic acids is 1. The minimum atomic E-state index is -4.36. The molecule has 0 saturated heterocycles. The Morgan fingerprint density at radius 2 is 1.81 bits per heavy atom. The number of thiazole rings is 1. The molecule has 0 aliphatic rings. The van der Waals surface area contributed by atoms with E-state index in [0.29, 0.717) is 29.3 Å². The van der Waals surface area contributed by atoms with Crippen LogP contribution in [0.5, 0.6) is 5.75 Å². The van der Waals surface area contributed by atoms with E-state index in [1.54, 1.807) is 0 Å². The van der Waals surface area contributed by atoms with Gasteiger partial charge in [0.2, 0.25) is 0 Å². The zero-order valence-corrected chi connectivity index (χ0v) is 21.9. The van der Waals surface area contributed by atoms with Gasteiger partial charge >= 0.3 is 12.1 Å². The molecule has 194 valence electrons. The number of aryl methyl sites for hydroxylation is 2. The van der Waals surface area contributed by atoms with Crippen molar-refractivity contribution in [2.45, 2.75) is 65.7 Å². The van der Waals surface area contributed by atoms with Gasteiger partial charge < -0.3 is 9.47 Å². The third kappa shape index (κ3) is 7.32. The van der Waals surface area contributed by atoms with E-state index in [4.69, 9.17) is 9.47 Å². The van der Waals surface area contributed by atoms with Crippen molar-refractivity contribution < 1.29 is 27.4 Å². The standard InChI is InChI=1S/C28H32F3NO3S/c1-5-6-7-8-22(27(33)34-4)16-21-11-14-24(15-18(21)2)35-17-25-19(3)32-26(36-25)20-9-12-23(13-10-20)28(29,30)31/h9-15,22H,5-8,16-17H2,1-4H3. The van der Waals surface area contributed by atoms with Crippen LogP contribution in [0.25, 0.3) is 10.6 Å². The van der Waals surface area contributed by atoms with Crippen LogP contribution in [0.3, 0.4) is 0 Å². The van der Waals surface area contributed by atoms with Gasteiger partial charge in [0.25, 0.3) is 0 Å². The van der Waals surface area contributed by atoms with E-state index < -0.39 is 11.7 Å². The Kier molecular flexibility index (Phi) is 9.54. The van der Waals surface area contributed by atoms with Crippen molar-refractivity contribution in [3.63, 3.8) is 0 Å². The first-order valence-electron chi connectivity index (χ1n) is 12.1. The second-order valence-electron chi connectivity index (χ2n) is 8.90. The molecule has 3 rings (SSSR count). The number of alkyl halides is 3. The van der Waals surface area contributed by atoms with Gasteiger partial charge in [-0.3, -0.25) is 4.79 Å². The van der Waals surface area contributed by atoms with Crippen LogP contribution in [0.4, 0.5) is 13.2 Å². The third-order valence-corrected chi connectivity index (χ3v) is 7.37. The molecule has 1 atom stereocenters. The molecule has 0 spiro atoms. The predicted molar refractivity (Wildman–Crippen MR) is 136 cm³/mol. The zero-order chi connectivity index (χ0) is 26.3. The van der Waals surface area contributed by atoms with Gasteiger partial charge in [-0.05, 0) is 62.1 Å². The number of esters is 1. The quantitative estimate of drug-likeness (QED) is 0.191. The highest BCUT2D eigenvalue weighted by molar-refractivity contribution is 7.15. The Balaban J connectivity index is 1.65. The first kappa shape index (κ1) is 27.7. The summed E-state index contributed by atoms with van der Waals surface area (Å²) in [7, 11) is 1.43. The average molecular weight is 520 g/mol. The number of nitrogens with zero attached hydrogens (tertiary/aromatic N) is 1. The van der Waals surface area contributed by atoms with Gasteiger partial charge in [-0.25, -0.2) is 4.98 Å². The minimum absolute atomic E-state index is 0.157. The largest absolute Gasteiger partial charge is 0.488 e. The third-order valence-electron chi connectivity index (χ3n) is 6.19. The number of ether oxygens (including phenoxy) is 2. The molecule has 1 heterocycles. The van der Waals surface area contributed by atoms with Gasteiger partial charge in [0.1, 0.15) is 17.4 Å². The fourth-order valence-electron chi connectivity index (χ4n) is 4.00. The molecule has 0 saturated carbocycles. The second kappa shape index (κ2) is 12.4. The van der Waals surface area contributed by atoms with Crippen molar-refractivity contribution in [2.75, 3.05) is 7.11 Å². The van der Waals surface area contributed by atoms with E-state index in [2.05, 4.69) is 11.9 Å². The van der Waals surface area contributed by atoms with Gasteiger partial charge in [0.15, 0.2) is 0 Å². The fourth-order valence-corrected chi connectivity index (χ4v) is 4.98. The van der Waals surface area contributed by atoms with Crippen molar-refractivity contribution in [1.82, 2.24) is 4.98 Å². The summed E-state index contributed by atoms with van der Waals surface area (Å²) < 4.78 is 49.5. The van der Waals surface area contributed by atoms with Gasteiger partial charge in [-0.15, -0.1) is 11.3 Å². The molecule has 0 aliphatic carbocycles. The Morgan fingerprint density at radius 3 is 2.42 bits per heavy atom. The number of hydrogen-bond acceptors (Lipinski definition) is 5. The molecule has 8 heteroatoms. The molecule has 0 radical (unpaired) electrons. The number of methoxy groups -OCH3 is 1. The lowest BCUT2D eigenvalue weighted by Crippen LogP contribution is -2.19. The van der Waals surface area contributed by atoms with Crippen molar-refractivity contribution >= 4 is 17.3 Å². The molecule has 3 aromatic rings. The highest BCUT2D eigenvalue weighted by Crippen LogP contribution is 2.33. The van der Waals surface area contributed by atoms with Crippen molar-refractivity contribution in [2.24, 2.45) is 5.92 Å². The fraction of sp³-hybridized carbons (Fsp3) is 0.429. The maximum atomic E-state index is 12.8. The highest BCUT2D eigenvalue weighted by atomic mass is 32.1. The Hall–Kier alpha value is -2.87. The molecule has 0 amide bonds. The number of aromatic nitrogens is 1. The number of halogens is 3. The van der Waals surface area contributed by atoms with E-state index in [1.807, 2.05) is 32.0 Å². The van der Waals surface area contributed by atoms with Crippen molar-refractivity contribution in [3.05, 3.63) is 69.7 Å². The lowest BCUT2D eigenvalue weighted by molar-refractivity contribution is -0.145. The smallest absolute Gasteiger partial charge is 0.416 e. The minimum Gasteiger partial charge on any atom is -0.488 e. The maximum absolute atomic E-state index is 12.8. The van der Waals surface area contributed by atoms with Gasteiger partial charge in [0, 0.05) is 5.56 Å². The van der Waals surface area contributed by atoms with Crippen LogP contribution in [0, 0.1) is 19.8 Å². The van der Waals surface area contributed by atoms with Crippen molar-refractivity contribution in [3.8, 4) is 16.3 Å². The Labute approximate surface area is 214 Å². The Bertz CT molecular complexity index is 1160. The summed E-state index contributed by atoms with van der Waals surface area (Å²) in [6, 6.07) is 10.9. The van der Waals surface area contributed by atoms with E-state index >= 15 is 0 Å². The molecule has 0 aliphatic heterocycles. The van der Waals surface area contributed by atoms with E-state index in [-0.39, 0.29) is 11.9 Å². The highest BCUT2D eigenvalue weighted by Gasteiger charge is 2.30. The van der Waals surface area contributed by atoms with Crippen molar-refractivity contribution in [1.29, 1.82) is 0 Å². The molecule has 0 bridgehead atoms. The van der Waals surface area contributed by atoms with Crippen LogP contribution in [0.15, 0.2) is 42.5 Å². The van der Waals surface area contributed by atoms with Gasteiger partial charge in [-0.2, -0.15) is 13.2 Å². The molecule has 0 N–H and O–H groups in total.